The van der Waals surface area contributed by atoms with Gasteiger partial charge in [0.1, 0.15) is 0 Å². The minimum Gasteiger partial charge on any atom is -0.341 e. The Labute approximate surface area is 106 Å². The number of hydrogen-bond acceptors (Lipinski definition) is 2. The third-order valence-electron chi connectivity index (χ3n) is 3.74. The molecular weight excluding hydrogens is 212 g/mol. The van der Waals surface area contributed by atoms with Gasteiger partial charge in [0, 0.05) is 25.0 Å². The molecule has 0 radical (unpaired) electrons. The molecule has 1 unspecified atom stereocenters. The first kappa shape index (κ1) is 14.5. The van der Waals surface area contributed by atoms with Crippen LogP contribution < -0.4 is 5.32 Å². The molecule has 0 aromatic heterocycles. The van der Waals surface area contributed by atoms with Crippen LogP contribution in [0.25, 0.3) is 0 Å². The number of carbonyl (C=O) groups is 1. The zero-order valence-corrected chi connectivity index (χ0v) is 11.7. The van der Waals surface area contributed by atoms with Crippen LogP contribution in [0.1, 0.15) is 52.9 Å². The Morgan fingerprint density at radius 1 is 1.35 bits per heavy atom. The maximum atomic E-state index is 12.4. The zero-order chi connectivity index (χ0) is 12.7. The quantitative estimate of drug-likeness (QED) is 0.741. The minimum absolute atomic E-state index is 0.225. The molecule has 1 atom stereocenters. The van der Waals surface area contributed by atoms with Crippen molar-refractivity contribution in [2.24, 2.45) is 5.92 Å². The van der Waals surface area contributed by atoms with Crippen molar-refractivity contribution in [1.29, 1.82) is 0 Å². The van der Waals surface area contributed by atoms with Crippen molar-refractivity contribution in [3.8, 4) is 0 Å². The van der Waals surface area contributed by atoms with Crippen LogP contribution in [0.5, 0.6) is 0 Å². The molecule has 1 heterocycles. The number of hydrogen-bond donors (Lipinski definition) is 1. The monoisotopic (exact) mass is 240 g/mol. The molecule has 1 aliphatic heterocycles. The van der Waals surface area contributed by atoms with Crippen LogP contribution in [0.3, 0.4) is 0 Å². The van der Waals surface area contributed by atoms with Crippen molar-refractivity contribution < 1.29 is 4.79 Å². The molecule has 1 amide bonds. The lowest BCUT2D eigenvalue weighted by Gasteiger charge is -2.28. The number of amides is 1. The van der Waals surface area contributed by atoms with Gasteiger partial charge in [-0.05, 0) is 38.6 Å². The summed E-state index contributed by atoms with van der Waals surface area (Å²) in [5.41, 5.74) is 0. The highest BCUT2D eigenvalue weighted by Crippen LogP contribution is 2.15. The molecule has 3 heteroatoms. The van der Waals surface area contributed by atoms with Crippen LogP contribution in [0.4, 0.5) is 0 Å². The predicted molar refractivity (Wildman–Crippen MR) is 72.0 cm³/mol. The van der Waals surface area contributed by atoms with Gasteiger partial charge in [0.15, 0.2) is 0 Å². The van der Waals surface area contributed by atoms with Gasteiger partial charge in [0.2, 0.25) is 5.91 Å². The SMILES string of the molecule is CCCN(CC1CCCN1)C(=O)C(CC)CC. The van der Waals surface area contributed by atoms with E-state index in [9.17, 15) is 4.79 Å². The van der Waals surface area contributed by atoms with E-state index in [1.165, 1.54) is 12.8 Å². The summed E-state index contributed by atoms with van der Waals surface area (Å²) >= 11 is 0. The summed E-state index contributed by atoms with van der Waals surface area (Å²) in [4.78, 5) is 14.5. The van der Waals surface area contributed by atoms with E-state index in [4.69, 9.17) is 0 Å². The van der Waals surface area contributed by atoms with Gasteiger partial charge in [0.05, 0.1) is 0 Å². The molecule has 0 saturated carbocycles. The molecule has 1 fully saturated rings. The first-order valence-corrected chi connectivity index (χ1v) is 7.25. The van der Waals surface area contributed by atoms with Crippen molar-refractivity contribution in [2.45, 2.75) is 58.9 Å². The third-order valence-corrected chi connectivity index (χ3v) is 3.74. The molecule has 1 N–H and O–H groups in total. The second-order valence-corrected chi connectivity index (χ2v) is 5.09. The van der Waals surface area contributed by atoms with E-state index >= 15 is 0 Å². The van der Waals surface area contributed by atoms with Crippen LogP contribution in [-0.4, -0.2) is 36.5 Å². The molecule has 1 aliphatic rings. The normalized spacial score (nSPS) is 19.9. The van der Waals surface area contributed by atoms with Crippen LogP contribution >= 0.6 is 0 Å². The van der Waals surface area contributed by atoms with E-state index in [2.05, 4.69) is 31.0 Å². The number of nitrogens with one attached hydrogen (secondary N) is 1. The van der Waals surface area contributed by atoms with Crippen LogP contribution in [0, 0.1) is 5.92 Å². The number of rotatable bonds is 7. The standard InChI is InChI=1S/C14H28N2O/c1-4-10-16(11-13-8-7-9-15-13)14(17)12(5-2)6-3/h12-13,15H,4-11H2,1-3H3. The summed E-state index contributed by atoms with van der Waals surface area (Å²) in [7, 11) is 0. The second kappa shape index (κ2) is 7.70. The maximum absolute atomic E-state index is 12.4. The van der Waals surface area contributed by atoms with E-state index in [0.717, 1.165) is 38.9 Å². The molecule has 0 aromatic rings. The Hall–Kier alpha value is -0.570. The zero-order valence-electron chi connectivity index (χ0n) is 11.7. The van der Waals surface area contributed by atoms with Crippen molar-refractivity contribution in [3.63, 3.8) is 0 Å². The molecule has 3 nitrogen and oxygen atoms in total. The van der Waals surface area contributed by atoms with Crippen molar-refractivity contribution in [3.05, 3.63) is 0 Å². The van der Waals surface area contributed by atoms with E-state index in [-0.39, 0.29) is 5.92 Å². The summed E-state index contributed by atoms with van der Waals surface area (Å²) in [6, 6.07) is 0.528. The lowest BCUT2D eigenvalue weighted by molar-refractivity contribution is -0.136. The van der Waals surface area contributed by atoms with Crippen LogP contribution in [-0.2, 0) is 4.79 Å². The molecule has 0 aliphatic carbocycles. The third kappa shape index (κ3) is 4.30. The fourth-order valence-electron chi connectivity index (χ4n) is 2.64. The fourth-order valence-corrected chi connectivity index (χ4v) is 2.64. The van der Waals surface area contributed by atoms with E-state index in [0.29, 0.717) is 11.9 Å². The fraction of sp³-hybridized carbons (Fsp3) is 0.929. The Morgan fingerprint density at radius 2 is 2.06 bits per heavy atom. The second-order valence-electron chi connectivity index (χ2n) is 5.09. The van der Waals surface area contributed by atoms with Gasteiger partial charge in [-0.2, -0.15) is 0 Å². The van der Waals surface area contributed by atoms with E-state index in [1.807, 2.05) is 0 Å². The van der Waals surface area contributed by atoms with Gasteiger partial charge in [0.25, 0.3) is 0 Å². The van der Waals surface area contributed by atoms with Gasteiger partial charge in [-0.25, -0.2) is 0 Å². The Kier molecular flexibility index (Phi) is 6.56. The highest BCUT2D eigenvalue weighted by molar-refractivity contribution is 5.78. The molecule has 1 rings (SSSR count). The largest absolute Gasteiger partial charge is 0.341 e. The predicted octanol–water partition coefficient (Wildman–Crippen LogP) is 2.41. The summed E-state index contributed by atoms with van der Waals surface area (Å²) in [6.07, 6.45) is 5.46. The smallest absolute Gasteiger partial charge is 0.225 e. The topological polar surface area (TPSA) is 32.3 Å². The highest BCUT2D eigenvalue weighted by atomic mass is 16.2. The maximum Gasteiger partial charge on any atom is 0.225 e. The van der Waals surface area contributed by atoms with Gasteiger partial charge < -0.3 is 10.2 Å². The molecule has 17 heavy (non-hydrogen) atoms. The van der Waals surface area contributed by atoms with Crippen molar-refractivity contribution >= 4 is 5.91 Å². The van der Waals surface area contributed by atoms with Crippen LogP contribution in [0.2, 0.25) is 0 Å². The first-order chi connectivity index (χ1) is 8.22. The molecule has 0 bridgehead atoms. The average Bonchev–Trinajstić information content (AvgIpc) is 2.83. The van der Waals surface area contributed by atoms with E-state index in [1.54, 1.807) is 0 Å². The van der Waals surface area contributed by atoms with Crippen LogP contribution in [0.15, 0.2) is 0 Å². The Morgan fingerprint density at radius 3 is 2.53 bits per heavy atom. The summed E-state index contributed by atoms with van der Waals surface area (Å²) in [5.74, 6) is 0.591. The highest BCUT2D eigenvalue weighted by Gasteiger charge is 2.24. The minimum atomic E-state index is 0.225. The van der Waals surface area contributed by atoms with E-state index < -0.39 is 0 Å². The summed E-state index contributed by atoms with van der Waals surface area (Å²) in [6.45, 7) is 9.31. The lowest BCUT2D eigenvalue weighted by Crippen LogP contribution is -2.43. The molecular formula is C14H28N2O. The van der Waals surface area contributed by atoms with Gasteiger partial charge >= 0.3 is 0 Å². The average molecular weight is 240 g/mol. The number of carbonyl (C=O) groups excluding carboxylic acids is 1. The van der Waals surface area contributed by atoms with Crippen molar-refractivity contribution in [2.75, 3.05) is 19.6 Å². The molecule has 0 spiro atoms. The molecule has 100 valence electrons. The van der Waals surface area contributed by atoms with Gasteiger partial charge in [-0.15, -0.1) is 0 Å². The Bertz CT molecular complexity index is 220. The Balaban J connectivity index is 2.53. The summed E-state index contributed by atoms with van der Waals surface area (Å²) < 4.78 is 0. The van der Waals surface area contributed by atoms with Gasteiger partial charge in [-0.1, -0.05) is 20.8 Å². The van der Waals surface area contributed by atoms with Gasteiger partial charge in [-0.3, -0.25) is 4.79 Å². The first-order valence-electron chi connectivity index (χ1n) is 7.25. The number of nitrogens with zero attached hydrogens (tertiary/aromatic N) is 1. The lowest BCUT2D eigenvalue weighted by atomic mass is 10.0. The molecule has 1 saturated heterocycles. The van der Waals surface area contributed by atoms with Crippen molar-refractivity contribution in [1.82, 2.24) is 10.2 Å². The summed E-state index contributed by atoms with van der Waals surface area (Å²) in [5, 5.41) is 3.48. The molecule has 0 aromatic carbocycles.